The summed E-state index contributed by atoms with van der Waals surface area (Å²) in [6.45, 7) is 4.94. The highest BCUT2D eigenvalue weighted by molar-refractivity contribution is 5.79. The third kappa shape index (κ3) is 4.11. The largest absolute Gasteiger partial charge is 0.496 e. The highest BCUT2D eigenvalue weighted by Crippen LogP contribution is 2.30. The van der Waals surface area contributed by atoms with Crippen molar-refractivity contribution in [2.45, 2.75) is 13.3 Å². The first-order valence-electron chi connectivity index (χ1n) is 9.83. The predicted molar refractivity (Wildman–Crippen MR) is 112 cm³/mol. The first kappa shape index (κ1) is 19.1. The maximum Gasteiger partial charge on any atom is 0.230 e. The second-order valence-corrected chi connectivity index (χ2v) is 7.10. The molecule has 6 heteroatoms. The van der Waals surface area contributed by atoms with Crippen LogP contribution in [0.25, 0.3) is 11.5 Å². The van der Waals surface area contributed by atoms with E-state index in [4.69, 9.17) is 9.15 Å². The van der Waals surface area contributed by atoms with E-state index in [0.29, 0.717) is 36.2 Å². The Morgan fingerprint density at radius 2 is 1.72 bits per heavy atom. The molecule has 0 saturated carbocycles. The van der Waals surface area contributed by atoms with Gasteiger partial charge in [-0.25, -0.2) is 4.98 Å². The number of amides is 1. The number of methoxy groups -OCH3 is 1. The molecule has 0 N–H and O–H groups in total. The SMILES string of the molecule is COc1ccccc1-c1nc(CC(=O)N2CCN(c3ccccc3)CC2)c(C)o1. The molecule has 3 aromatic rings. The highest BCUT2D eigenvalue weighted by atomic mass is 16.5. The van der Waals surface area contributed by atoms with Gasteiger partial charge in [-0.1, -0.05) is 30.3 Å². The van der Waals surface area contributed by atoms with Gasteiger partial charge >= 0.3 is 0 Å². The molecular weight excluding hydrogens is 366 g/mol. The lowest BCUT2D eigenvalue weighted by Crippen LogP contribution is -2.49. The standard InChI is InChI=1S/C23H25N3O3/c1-17-20(24-23(29-17)19-10-6-7-11-21(19)28-2)16-22(27)26-14-12-25(13-15-26)18-8-4-3-5-9-18/h3-11H,12-16H2,1-2H3. The average molecular weight is 391 g/mol. The van der Waals surface area contributed by atoms with Crippen molar-refractivity contribution in [2.24, 2.45) is 0 Å². The van der Waals surface area contributed by atoms with Crippen molar-refractivity contribution in [1.29, 1.82) is 0 Å². The summed E-state index contributed by atoms with van der Waals surface area (Å²) in [4.78, 5) is 21.6. The number of rotatable bonds is 5. The molecule has 0 aliphatic carbocycles. The van der Waals surface area contributed by atoms with Crippen LogP contribution in [0.15, 0.2) is 59.0 Å². The van der Waals surface area contributed by atoms with Crippen molar-refractivity contribution >= 4 is 11.6 Å². The van der Waals surface area contributed by atoms with E-state index in [-0.39, 0.29) is 12.3 Å². The van der Waals surface area contributed by atoms with E-state index in [1.54, 1.807) is 7.11 Å². The number of aromatic nitrogens is 1. The normalized spacial score (nSPS) is 14.1. The number of carbonyl (C=O) groups is 1. The number of anilines is 1. The molecule has 150 valence electrons. The first-order chi connectivity index (χ1) is 14.2. The van der Waals surface area contributed by atoms with Gasteiger partial charge in [-0.15, -0.1) is 0 Å². The monoisotopic (exact) mass is 391 g/mol. The van der Waals surface area contributed by atoms with E-state index in [1.165, 1.54) is 5.69 Å². The molecule has 1 aliphatic rings. The fraction of sp³-hybridized carbons (Fsp3) is 0.304. The molecule has 6 nitrogen and oxygen atoms in total. The Kier molecular flexibility index (Phi) is 5.51. The zero-order chi connectivity index (χ0) is 20.2. The van der Waals surface area contributed by atoms with Crippen LogP contribution in [0.2, 0.25) is 0 Å². The van der Waals surface area contributed by atoms with Gasteiger partial charge < -0.3 is 19.0 Å². The number of hydrogen-bond acceptors (Lipinski definition) is 5. The van der Waals surface area contributed by atoms with Crippen molar-refractivity contribution in [1.82, 2.24) is 9.88 Å². The van der Waals surface area contributed by atoms with Gasteiger partial charge in [-0.2, -0.15) is 0 Å². The summed E-state index contributed by atoms with van der Waals surface area (Å²) >= 11 is 0. The fourth-order valence-electron chi connectivity index (χ4n) is 3.64. The van der Waals surface area contributed by atoms with Gasteiger partial charge in [0, 0.05) is 31.9 Å². The maximum absolute atomic E-state index is 12.8. The second-order valence-electron chi connectivity index (χ2n) is 7.10. The third-order valence-electron chi connectivity index (χ3n) is 5.30. The molecule has 0 radical (unpaired) electrons. The summed E-state index contributed by atoms with van der Waals surface area (Å²) in [5.74, 6) is 1.93. The Morgan fingerprint density at radius 1 is 1.03 bits per heavy atom. The van der Waals surface area contributed by atoms with Crippen LogP contribution in [0.1, 0.15) is 11.5 Å². The first-order valence-corrected chi connectivity index (χ1v) is 9.83. The number of para-hydroxylation sites is 2. The molecule has 0 unspecified atom stereocenters. The number of piperazine rings is 1. The van der Waals surface area contributed by atoms with Crippen LogP contribution in [0, 0.1) is 6.92 Å². The van der Waals surface area contributed by atoms with Gasteiger partial charge in [-0.3, -0.25) is 4.79 Å². The molecule has 2 aromatic carbocycles. The lowest BCUT2D eigenvalue weighted by Gasteiger charge is -2.36. The minimum atomic E-state index is 0.0840. The van der Waals surface area contributed by atoms with Crippen molar-refractivity contribution in [3.8, 4) is 17.2 Å². The third-order valence-corrected chi connectivity index (χ3v) is 5.30. The van der Waals surface area contributed by atoms with E-state index in [1.807, 2.05) is 54.3 Å². The lowest BCUT2D eigenvalue weighted by atomic mass is 10.2. The van der Waals surface area contributed by atoms with Crippen LogP contribution in [-0.4, -0.2) is 49.1 Å². The van der Waals surface area contributed by atoms with Gasteiger partial charge in [-0.05, 0) is 31.2 Å². The van der Waals surface area contributed by atoms with Crippen LogP contribution in [-0.2, 0) is 11.2 Å². The van der Waals surface area contributed by atoms with Gasteiger partial charge in [0.15, 0.2) is 0 Å². The molecule has 29 heavy (non-hydrogen) atoms. The number of hydrogen-bond donors (Lipinski definition) is 0. The van der Waals surface area contributed by atoms with Gasteiger partial charge in [0.05, 0.1) is 24.8 Å². The Labute approximate surface area is 170 Å². The van der Waals surface area contributed by atoms with Crippen molar-refractivity contribution in [3.63, 3.8) is 0 Å². The molecule has 1 aliphatic heterocycles. The fourth-order valence-corrected chi connectivity index (χ4v) is 3.64. The average Bonchev–Trinajstić information content (AvgIpc) is 3.14. The molecule has 0 atom stereocenters. The molecule has 1 saturated heterocycles. The topological polar surface area (TPSA) is 58.8 Å². The Bertz CT molecular complexity index is 976. The zero-order valence-electron chi connectivity index (χ0n) is 16.8. The summed E-state index contributed by atoms with van der Waals surface area (Å²) in [5.41, 5.74) is 2.67. The van der Waals surface area contributed by atoms with Crippen LogP contribution in [0.3, 0.4) is 0 Å². The van der Waals surface area contributed by atoms with Crippen molar-refractivity contribution < 1.29 is 13.9 Å². The number of nitrogens with zero attached hydrogens (tertiary/aromatic N) is 3. The van der Waals surface area contributed by atoms with Crippen LogP contribution in [0.4, 0.5) is 5.69 Å². The molecular formula is C23H25N3O3. The van der Waals surface area contributed by atoms with E-state index >= 15 is 0 Å². The molecule has 4 rings (SSSR count). The smallest absolute Gasteiger partial charge is 0.230 e. The minimum absolute atomic E-state index is 0.0840. The molecule has 0 bridgehead atoms. The molecule has 1 aromatic heterocycles. The van der Waals surface area contributed by atoms with E-state index in [0.717, 1.165) is 18.7 Å². The summed E-state index contributed by atoms with van der Waals surface area (Å²) in [6, 6.07) is 17.9. The molecule has 1 fully saturated rings. The van der Waals surface area contributed by atoms with E-state index in [2.05, 4.69) is 22.0 Å². The maximum atomic E-state index is 12.8. The Hall–Kier alpha value is -3.28. The van der Waals surface area contributed by atoms with Gasteiger partial charge in [0.1, 0.15) is 11.5 Å². The summed E-state index contributed by atoms with van der Waals surface area (Å²) in [5, 5.41) is 0. The van der Waals surface area contributed by atoms with Gasteiger partial charge in [0.25, 0.3) is 0 Å². The van der Waals surface area contributed by atoms with Crippen LogP contribution >= 0.6 is 0 Å². The van der Waals surface area contributed by atoms with Crippen molar-refractivity contribution in [2.75, 3.05) is 38.2 Å². The summed E-state index contributed by atoms with van der Waals surface area (Å²) < 4.78 is 11.2. The highest BCUT2D eigenvalue weighted by Gasteiger charge is 2.24. The number of carbonyl (C=O) groups excluding carboxylic acids is 1. The molecule has 2 heterocycles. The zero-order valence-corrected chi connectivity index (χ0v) is 16.8. The number of ether oxygens (including phenoxy) is 1. The summed E-state index contributed by atoms with van der Waals surface area (Å²) in [7, 11) is 1.62. The van der Waals surface area contributed by atoms with Crippen LogP contribution in [0.5, 0.6) is 5.75 Å². The summed E-state index contributed by atoms with van der Waals surface area (Å²) in [6.07, 6.45) is 0.246. The Balaban J connectivity index is 1.41. The number of aryl methyl sites for hydroxylation is 1. The minimum Gasteiger partial charge on any atom is -0.496 e. The molecule has 0 spiro atoms. The Morgan fingerprint density at radius 3 is 2.45 bits per heavy atom. The van der Waals surface area contributed by atoms with Gasteiger partial charge in [0.2, 0.25) is 11.8 Å². The number of benzene rings is 2. The van der Waals surface area contributed by atoms with E-state index < -0.39 is 0 Å². The lowest BCUT2D eigenvalue weighted by molar-refractivity contribution is -0.130. The number of oxazole rings is 1. The second kappa shape index (κ2) is 8.39. The van der Waals surface area contributed by atoms with Crippen molar-refractivity contribution in [3.05, 3.63) is 66.1 Å². The molecule has 1 amide bonds. The quantitative estimate of drug-likeness (QED) is 0.666. The predicted octanol–water partition coefficient (Wildman–Crippen LogP) is 3.55. The van der Waals surface area contributed by atoms with E-state index in [9.17, 15) is 4.79 Å². The van der Waals surface area contributed by atoms with Crippen LogP contribution < -0.4 is 9.64 Å².